The molecule has 0 aromatic rings. The Morgan fingerprint density at radius 2 is 2.86 bits per heavy atom. The van der Waals surface area contributed by atoms with E-state index in [0.717, 1.165) is 0 Å². The molecule has 0 bridgehead atoms. The van der Waals surface area contributed by atoms with E-state index in [9.17, 15) is 0 Å². The van der Waals surface area contributed by atoms with Crippen LogP contribution >= 0.6 is 0 Å². The highest BCUT2D eigenvalue weighted by Crippen LogP contribution is 2.02. The van der Waals surface area contributed by atoms with Crippen molar-refractivity contribution in [3.05, 3.63) is 6.54 Å². The zero-order valence-electron chi connectivity index (χ0n) is 3.72. The number of rotatable bonds is 0. The van der Waals surface area contributed by atoms with Gasteiger partial charge in [0.25, 0.3) is 0 Å². The number of hydrogen-bond acceptors (Lipinski definition) is 3. The van der Waals surface area contributed by atoms with E-state index in [1.165, 1.54) is 0 Å². The van der Waals surface area contributed by atoms with Crippen LogP contribution in [0.5, 0.6) is 0 Å². The van der Waals surface area contributed by atoms with Crippen molar-refractivity contribution in [2.24, 2.45) is 0 Å². The molecule has 1 rings (SSSR count). The number of nitrogens with zero attached hydrogens (tertiary/aromatic N) is 1. The Kier molecular flexibility index (Phi) is 1.25. The fraction of sp³-hybridized carbons (Fsp3) is 0.500. The van der Waals surface area contributed by atoms with Gasteiger partial charge in [-0.15, -0.1) is 0 Å². The van der Waals surface area contributed by atoms with Crippen LogP contribution in [0.2, 0.25) is 0 Å². The molecule has 1 atom stereocenters. The lowest BCUT2D eigenvalue weighted by molar-refractivity contribution is 0.0708. The van der Waals surface area contributed by atoms with Gasteiger partial charge in [-0.2, -0.15) is 10.7 Å². The molecule has 1 N–H and O–H groups in total. The lowest BCUT2D eigenvalue weighted by Crippen LogP contribution is -2.05. The van der Waals surface area contributed by atoms with Crippen LogP contribution in [0.3, 0.4) is 0 Å². The van der Waals surface area contributed by atoms with Crippen molar-refractivity contribution in [3.63, 3.8) is 0 Å². The number of nitriles is 1. The maximum atomic E-state index is 8.13. The third kappa shape index (κ3) is 0.889. The second kappa shape index (κ2) is 1.92. The predicted molar refractivity (Wildman–Crippen MR) is 22.5 cm³/mol. The van der Waals surface area contributed by atoms with Gasteiger partial charge in [-0.3, -0.25) is 4.84 Å². The molecular weight excluding hydrogens is 92.1 g/mol. The molecule has 1 radical (unpaired) electrons. The number of hydroxylamine groups is 1. The molecule has 0 spiro atoms. The second-order valence-corrected chi connectivity index (χ2v) is 1.29. The Morgan fingerprint density at radius 1 is 2.00 bits per heavy atom. The van der Waals surface area contributed by atoms with E-state index in [0.29, 0.717) is 6.42 Å². The van der Waals surface area contributed by atoms with E-state index < -0.39 is 0 Å². The maximum absolute atomic E-state index is 8.13. The summed E-state index contributed by atoms with van der Waals surface area (Å²) in [5, 5.41) is 8.13. The first-order valence-electron chi connectivity index (χ1n) is 2.06. The molecule has 7 heavy (non-hydrogen) atoms. The van der Waals surface area contributed by atoms with Gasteiger partial charge >= 0.3 is 0 Å². The van der Waals surface area contributed by atoms with Crippen LogP contribution in [-0.2, 0) is 4.84 Å². The minimum absolute atomic E-state index is 0.264. The molecule has 1 aliphatic heterocycles. The van der Waals surface area contributed by atoms with E-state index in [4.69, 9.17) is 5.26 Å². The van der Waals surface area contributed by atoms with Gasteiger partial charge in [-0.1, -0.05) is 0 Å². The van der Waals surface area contributed by atoms with E-state index in [1.54, 1.807) is 6.54 Å². The molecule has 0 saturated carbocycles. The van der Waals surface area contributed by atoms with Crippen molar-refractivity contribution in [2.75, 3.05) is 0 Å². The van der Waals surface area contributed by atoms with Crippen molar-refractivity contribution < 1.29 is 4.84 Å². The van der Waals surface area contributed by atoms with E-state index in [1.807, 2.05) is 6.07 Å². The molecule has 37 valence electrons. The molecule has 3 nitrogen and oxygen atoms in total. The first kappa shape index (κ1) is 4.57. The van der Waals surface area contributed by atoms with Crippen molar-refractivity contribution in [3.8, 4) is 6.07 Å². The molecule has 1 unspecified atom stereocenters. The summed E-state index contributed by atoms with van der Waals surface area (Å²) < 4.78 is 0. The SMILES string of the molecule is N#CC1C[CH]NO1. The summed E-state index contributed by atoms with van der Waals surface area (Å²) in [6.45, 7) is 1.72. The first-order valence-corrected chi connectivity index (χ1v) is 2.06. The first-order chi connectivity index (χ1) is 3.43. The Bertz CT molecular complexity index is 90.4. The van der Waals surface area contributed by atoms with Crippen LogP contribution in [0.15, 0.2) is 0 Å². The third-order valence-electron chi connectivity index (χ3n) is 0.770. The Hall–Kier alpha value is -0.590. The van der Waals surface area contributed by atoms with Crippen molar-refractivity contribution in [1.29, 1.82) is 5.26 Å². The molecule has 1 aliphatic rings. The molecule has 3 heteroatoms. The zero-order chi connectivity index (χ0) is 5.11. The normalized spacial score (nSPS) is 29.9. The summed E-state index contributed by atoms with van der Waals surface area (Å²) in [7, 11) is 0. The van der Waals surface area contributed by atoms with Gasteiger partial charge in [-0.25, -0.2) is 0 Å². The summed E-state index contributed by atoms with van der Waals surface area (Å²) in [5.74, 6) is 0. The minimum atomic E-state index is -0.264. The topological polar surface area (TPSA) is 45.0 Å². The fourth-order valence-corrected chi connectivity index (χ4v) is 0.413. The highest BCUT2D eigenvalue weighted by molar-refractivity contribution is 4.89. The highest BCUT2D eigenvalue weighted by atomic mass is 16.7. The van der Waals surface area contributed by atoms with Crippen LogP contribution in [0, 0.1) is 17.9 Å². The predicted octanol–water partition coefficient (Wildman–Crippen LogP) is -0.0347. The molecular formula is C4H5N2O. The molecule has 0 aromatic heterocycles. The van der Waals surface area contributed by atoms with Gasteiger partial charge in [0.1, 0.15) is 0 Å². The largest absolute Gasteiger partial charge is 0.283 e. The van der Waals surface area contributed by atoms with Crippen LogP contribution in [0.4, 0.5) is 0 Å². The Labute approximate surface area is 41.8 Å². The van der Waals surface area contributed by atoms with Crippen molar-refractivity contribution in [2.45, 2.75) is 12.5 Å². The lowest BCUT2D eigenvalue weighted by Gasteiger charge is -1.90. The average molecular weight is 97.1 g/mol. The fourth-order valence-electron chi connectivity index (χ4n) is 0.413. The molecule has 1 saturated heterocycles. The smallest absolute Gasteiger partial charge is 0.166 e. The summed E-state index contributed by atoms with van der Waals surface area (Å²) in [6, 6.07) is 1.95. The van der Waals surface area contributed by atoms with E-state index in [2.05, 4.69) is 10.3 Å². The zero-order valence-corrected chi connectivity index (χ0v) is 3.72. The number of nitrogens with one attached hydrogen (secondary N) is 1. The Balaban J connectivity index is 2.31. The van der Waals surface area contributed by atoms with Crippen molar-refractivity contribution in [1.82, 2.24) is 5.48 Å². The van der Waals surface area contributed by atoms with Gasteiger partial charge < -0.3 is 0 Å². The van der Waals surface area contributed by atoms with Gasteiger partial charge in [0.05, 0.1) is 12.6 Å². The third-order valence-corrected chi connectivity index (χ3v) is 0.770. The van der Waals surface area contributed by atoms with Crippen LogP contribution in [0.1, 0.15) is 6.42 Å². The monoisotopic (exact) mass is 97.0 g/mol. The highest BCUT2D eigenvalue weighted by Gasteiger charge is 2.13. The molecule has 0 amide bonds. The lowest BCUT2D eigenvalue weighted by atomic mass is 10.3. The maximum Gasteiger partial charge on any atom is 0.166 e. The molecule has 1 fully saturated rings. The van der Waals surface area contributed by atoms with Crippen LogP contribution < -0.4 is 5.48 Å². The van der Waals surface area contributed by atoms with E-state index in [-0.39, 0.29) is 6.10 Å². The second-order valence-electron chi connectivity index (χ2n) is 1.29. The van der Waals surface area contributed by atoms with Gasteiger partial charge in [-0.05, 0) is 0 Å². The van der Waals surface area contributed by atoms with Gasteiger partial charge in [0.2, 0.25) is 0 Å². The molecule has 1 heterocycles. The average Bonchev–Trinajstić information content (AvgIpc) is 2.14. The van der Waals surface area contributed by atoms with Gasteiger partial charge in [0, 0.05) is 6.42 Å². The standard InChI is InChI=1S/C4H5N2O/c5-3-4-1-2-6-7-4/h2,4,6H,1H2. The van der Waals surface area contributed by atoms with Crippen molar-refractivity contribution >= 4 is 0 Å². The number of hydrogen-bond donors (Lipinski definition) is 1. The molecule has 0 aliphatic carbocycles. The van der Waals surface area contributed by atoms with Crippen LogP contribution in [0.25, 0.3) is 0 Å². The summed E-state index contributed by atoms with van der Waals surface area (Å²) in [5.41, 5.74) is 2.48. The minimum Gasteiger partial charge on any atom is -0.283 e. The summed E-state index contributed by atoms with van der Waals surface area (Å²) in [4.78, 5) is 4.64. The van der Waals surface area contributed by atoms with E-state index >= 15 is 0 Å². The van der Waals surface area contributed by atoms with Crippen LogP contribution in [-0.4, -0.2) is 6.10 Å². The quantitative estimate of drug-likeness (QED) is 0.461. The molecule has 0 aromatic carbocycles. The summed E-state index contributed by atoms with van der Waals surface area (Å²) in [6.07, 6.45) is 0.427. The van der Waals surface area contributed by atoms with Gasteiger partial charge in [0.15, 0.2) is 6.10 Å². The summed E-state index contributed by atoms with van der Waals surface area (Å²) >= 11 is 0. The Morgan fingerprint density at radius 3 is 3.14 bits per heavy atom.